The van der Waals surface area contributed by atoms with E-state index in [1.165, 1.54) is 20.1 Å². The highest BCUT2D eigenvalue weighted by molar-refractivity contribution is 5.81. The second kappa shape index (κ2) is 6.39. The van der Waals surface area contributed by atoms with Crippen molar-refractivity contribution in [3.05, 3.63) is 29.8 Å². The first-order valence-electron chi connectivity index (χ1n) is 5.28. The van der Waals surface area contributed by atoms with Crippen molar-refractivity contribution in [2.45, 2.75) is 20.0 Å². The average Bonchev–Trinajstić information content (AvgIpc) is 2.30. The van der Waals surface area contributed by atoms with E-state index in [4.69, 9.17) is 9.84 Å². The minimum atomic E-state index is -1.02. The van der Waals surface area contributed by atoms with Crippen molar-refractivity contribution >= 4 is 18.1 Å². The summed E-state index contributed by atoms with van der Waals surface area (Å²) in [5.41, 5.74) is 3.04. The van der Waals surface area contributed by atoms with Gasteiger partial charge in [0, 0.05) is 6.92 Å². The van der Waals surface area contributed by atoms with Gasteiger partial charge in [0.2, 0.25) is 5.91 Å². The van der Waals surface area contributed by atoms with Crippen molar-refractivity contribution < 1.29 is 19.4 Å². The summed E-state index contributed by atoms with van der Waals surface area (Å²) in [5.74, 6) is -0.811. The van der Waals surface area contributed by atoms with Crippen LogP contribution >= 0.6 is 0 Å². The number of aliphatic carboxylic acids is 1. The zero-order chi connectivity index (χ0) is 13.5. The lowest BCUT2D eigenvalue weighted by Gasteiger charge is -2.09. The van der Waals surface area contributed by atoms with Crippen LogP contribution in [-0.4, -0.2) is 29.3 Å². The first kappa shape index (κ1) is 13.7. The summed E-state index contributed by atoms with van der Waals surface area (Å²) in [6, 6.07) is 6.67. The molecule has 0 aliphatic heterocycles. The summed E-state index contributed by atoms with van der Waals surface area (Å²) in [6.07, 6.45) is 0.579. The van der Waals surface area contributed by atoms with Gasteiger partial charge in [-0.05, 0) is 36.8 Å². The molecule has 1 unspecified atom stereocenters. The molecule has 1 aromatic rings. The first-order chi connectivity index (χ1) is 8.49. The van der Waals surface area contributed by atoms with Crippen LogP contribution in [0.1, 0.15) is 19.4 Å². The third-order valence-corrected chi connectivity index (χ3v) is 1.98. The number of carbonyl (C=O) groups is 2. The molecule has 0 heterocycles. The number of carboxylic acid groups (broad SMARTS) is 1. The number of carbonyl (C=O) groups excluding carboxylic acids is 1. The van der Waals surface area contributed by atoms with E-state index >= 15 is 0 Å². The van der Waals surface area contributed by atoms with Gasteiger partial charge < -0.3 is 9.84 Å². The van der Waals surface area contributed by atoms with Gasteiger partial charge in [0.05, 0.1) is 6.21 Å². The maximum atomic E-state index is 10.6. The van der Waals surface area contributed by atoms with Gasteiger partial charge in [0.15, 0.2) is 6.10 Å². The minimum Gasteiger partial charge on any atom is -0.479 e. The molecule has 0 aliphatic rings. The number of carboxylic acids is 1. The van der Waals surface area contributed by atoms with E-state index in [1.54, 1.807) is 24.3 Å². The summed E-state index contributed by atoms with van der Waals surface area (Å²) in [4.78, 5) is 21.2. The fourth-order valence-electron chi connectivity index (χ4n) is 1.08. The fraction of sp³-hybridized carbons (Fsp3) is 0.250. The van der Waals surface area contributed by atoms with Crippen molar-refractivity contribution in [2.24, 2.45) is 5.10 Å². The third kappa shape index (κ3) is 4.65. The Hall–Kier alpha value is -2.37. The molecule has 1 atom stereocenters. The zero-order valence-corrected chi connectivity index (χ0v) is 10.1. The molecule has 0 bridgehead atoms. The number of ether oxygens (including phenoxy) is 1. The summed E-state index contributed by atoms with van der Waals surface area (Å²) >= 11 is 0. The molecule has 1 rings (SSSR count). The molecule has 0 aliphatic carbocycles. The molecule has 6 nitrogen and oxygen atoms in total. The molecule has 0 fully saturated rings. The topological polar surface area (TPSA) is 88.0 Å². The second-order valence-electron chi connectivity index (χ2n) is 3.59. The second-order valence-corrected chi connectivity index (χ2v) is 3.59. The van der Waals surface area contributed by atoms with Gasteiger partial charge in [-0.3, -0.25) is 4.79 Å². The van der Waals surface area contributed by atoms with Crippen LogP contribution in [0.3, 0.4) is 0 Å². The smallest absolute Gasteiger partial charge is 0.344 e. The first-order valence-corrected chi connectivity index (χ1v) is 5.28. The van der Waals surface area contributed by atoms with Gasteiger partial charge in [-0.15, -0.1) is 0 Å². The van der Waals surface area contributed by atoms with Gasteiger partial charge in [0.1, 0.15) is 5.75 Å². The molecular formula is C12H14N2O4. The molecule has 6 heteroatoms. The van der Waals surface area contributed by atoms with Crippen molar-refractivity contribution in [1.29, 1.82) is 0 Å². The Morgan fingerprint density at radius 2 is 2.00 bits per heavy atom. The van der Waals surface area contributed by atoms with Gasteiger partial charge in [-0.25, -0.2) is 10.2 Å². The van der Waals surface area contributed by atoms with Crippen LogP contribution in [0.5, 0.6) is 5.75 Å². The van der Waals surface area contributed by atoms with E-state index in [0.717, 1.165) is 5.56 Å². The minimum absolute atomic E-state index is 0.249. The Bertz CT molecular complexity index is 454. The van der Waals surface area contributed by atoms with Gasteiger partial charge in [0.25, 0.3) is 0 Å². The lowest BCUT2D eigenvalue weighted by molar-refractivity contribution is -0.144. The standard InChI is InChI=1S/C12H14N2O4/c1-8(12(16)17)18-11-5-3-10(4-6-11)7-13-14-9(2)15/h3-8H,1-2H3,(H,14,15)(H,16,17). The molecule has 1 aromatic carbocycles. The van der Waals surface area contributed by atoms with E-state index in [9.17, 15) is 9.59 Å². The van der Waals surface area contributed by atoms with Crippen molar-refractivity contribution in [1.82, 2.24) is 5.43 Å². The Labute approximate surface area is 104 Å². The lowest BCUT2D eigenvalue weighted by atomic mass is 10.2. The Morgan fingerprint density at radius 3 is 2.50 bits per heavy atom. The van der Waals surface area contributed by atoms with Crippen LogP contribution in [0.25, 0.3) is 0 Å². The third-order valence-electron chi connectivity index (χ3n) is 1.98. The van der Waals surface area contributed by atoms with Gasteiger partial charge in [-0.2, -0.15) is 5.10 Å². The van der Waals surface area contributed by atoms with Gasteiger partial charge >= 0.3 is 5.97 Å². The summed E-state index contributed by atoms with van der Waals surface area (Å²) in [6.45, 7) is 2.82. The maximum absolute atomic E-state index is 10.6. The van der Waals surface area contributed by atoms with E-state index in [1.807, 2.05) is 0 Å². The summed E-state index contributed by atoms with van der Waals surface area (Å²) in [5, 5.41) is 12.4. The van der Waals surface area contributed by atoms with E-state index in [2.05, 4.69) is 10.5 Å². The van der Waals surface area contributed by atoms with Crippen LogP contribution in [0.15, 0.2) is 29.4 Å². The van der Waals surface area contributed by atoms with Gasteiger partial charge in [-0.1, -0.05) is 0 Å². The fourth-order valence-corrected chi connectivity index (χ4v) is 1.08. The summed E-state index contributed by atoms with van der Waals surface area (Å²) < 4.78 is 5.16. The number of nitrogens with one attached hydrogen (secondary N) is 1. The normalized spacial score (nSPS) is 12.1. The van der Waals surface area contributed by atoms with E-state index in [-0.39, 0.29) is 5.91 Å². The quantitative estimate of drug-likeness (QED) is 0.603. The molecule has 0 spiro atoms. The molecule has 2 N–H and O–H groups in total. The number of hydrazone groups is 1. The van der Waals surface area contributed by atoms with E-state index in [0.29, 0.717) is 5.75 Å². The lowest BCUT2D eigenvalue weighted by Crippen LogP contribution is -2.22. The predicted octanol–water partition coefficient (Wildman–Crippen LogP) is 1.01. The number of rotatable bonds is 5. The van der Waals surface area contributed by atoms with Crippen molar-refractivity contribution in [3.63, 3.8) is 0 Å². The molecule has 96 valence electrons. The number of amides is 1. The van der Waals surface area contributed by atoms with Crippen LogP contribution in [0.2, 0.25) is 0 Å². The van der Waals surface area contributed by atoms with Crippen molar-refractivity contribution in [2.75, 3.05) is 0 Å². The SMILES string of the molecule is CC(=O)NN=Cc1ccc(OC(C)C(=O)O)cc1. The molecule has 0 saturated heterocycles. The van der Waals surface area contributed by atoms with Crippen LogP contribution in [0, 0.1) is 0 Å². The number of hydrogen-bond donors (Lipinski definition) is 2. The highest BCUT2D eigenvalue weighted by Gasteiger charge is 2.11. The van der Waals surface area contributed by atoms with Crippen LogP contribution in [0.4, 0.5) is 0 Å². The molecular weight excluding hydrogens is 236 g/mol. The molecule has 0 aromatic heterocycles. The maximum Gasteiger partial charge on any atom is 0.344 e. The predicted molar refractivity (Wildman–Crippen MR) is 65.6 cm³/mol. The largest absolute Gasteiger partial charge is 0.479 e. The molecule has 0 radical (unpaired) electrons. The number of benzene rings is 1. The highest BCUT2D eigenvalue weighted by Crippen LogP contribution is 2.13. The van der Waals surface area contributed by atoms with Crippen molar-refractivity contribution in [3.8, 4) is 5.75 Å². The molecule has 0 saturated carbocycles. The Balaban J connectivity index is 2.60. The van der Waals surface area contributed by atoms with Crippen LogP contribution in [-0.2, 0) is 9.59 Å². The molecule has 1 amide bonds. The molecule has 18 heavy (non-hydrogen) atoms. The Kier molecular flexibility index (Phi) is 4.86. The van der Waals surface area contributed by atoms with Crippen LogP contribution < -0.4 is 10.2 Å². The zero-order valence-electron chi connectivity index (χ0n) is 10.1. The number of hydrogen-bond acceptors (Lipinski definition) is 4. The number of nitrogens with zero attached hydrogens (tertiary/aromatic N) is 1. The summed E-state index contributed by atoms with van der Waals surface area (Å²) in [7, 11) is 0. The average molecular weight is 250 g/mol. The Morgan fingerprint density at radius 1 is 1.39 bits per heavy atom. The highest BCUT2D eigenvalue weighted by atomic mass is 16.5. The van der Waals surface area contributed by atoms with E-state index < -0.39 is 12.1 Å². The monoisotopic (exact) mass is 250 g/mol.